The van der Waals surface area contributed by atoms with Gasteiger partial charge in [-0.2, -0.15) is 5.26 Å². The Bertz CT molecular complexity index is 1970. The number of rotatable bonds is 6. The first-order valence-electron chi connectivity index (χ1n) is 12.8. The van der Waals surface area contributed by atoms with Crippen molar-refractivity contribution < 1.29 is 14.6 Å². The van der Waals surface area contributed by atoms with Gasteiger partial charge in [0.2, 0.25) is 0 Å². The first kappa shape index (κ1) is 26.0. The maximum Gasteiger partial charge on any atom is 0.338 e. The summed E-state index contributed by atoms with van der Waals surface area (Å²) in [5, 5.41) is 22.0. The molecule has 0 amide bonds. The van der Waals surface area contributed by atoms with Crippen LogP contribution >= 0.6 is 22.9 Å². The van der Waals surface area contributed by atoms with Crippen LogP contribution in [-0.4, -0.2) is 32.2 Å². The second-order valence-electron chi connectivity index (χ2n) is 9.80. The topological polar surface area (TPSA) is 118 Å². The lowest BCUT2D eigenvalue weighted by Gasteiger charge is -2.16. The van der Waals surface area contributed by atoms with Crippen molar-refractivity contribution in [3.05, 3.63) is 84.9 Å². The highest BCUT2D eigenvalue weighted by molar-refractivity contribution is 7.18. The SMILES string of the molecule is Cc1cc(-c2cc(Cl)ccc2OCCn2c(C)nc3cc4c(c(C#N)c3c2=O)CCC4)c2scc(C(=O)O)c2n1. The number of carboxylic acids is 1. The zero-order chi connectivity index (χ0) is 28.1. The third kappa shape index (κ3) is 4.30. The van der Waals surface area contributed by atoms with Gasteiger partial charge in [-0.05, 0) is 74.6 Å². The average Bonchev–Trinajstić information content (AvgIpc) is 3.56. The van der Waals surface area contributed by atoms with E-state index in [0.29, 0.717) is 49.8 Å². The van der Waals surface area contributed by atoms with Crippen LogP contribution in [0.1, 0.15) is 45.0 Å². The number of hydrogen-bond acceptors (Lipinski definition) is 7. The van der Waals surface area contributed by atoms with Crippen molar-refractivity contribution in [2.24, 2.45) is 0 Å². The van der Waals surface area contributed by atoms with Crippen LogP contribution in [-0.2, 0) is 19.4 Å². The van der Waals surface area contributed by atoms with Crippen LogP contribution in [0.2, 0.25) is 5.02 Å². The number of hydrogen-bond donors (Lipinski definition) is 1. The lowest BCUT2D eigenvalue weighted by atomic mass is 9.99. The van der Waals surface area contributed by atoms with Gasteiger partial charge in [-0.1, -0.05) is 11.6 Å². The molecule has 1 aliphatic carbocycles. The number of aryl methyl sites for hydroxylation is 3. The Kier molecular flexibility index (Phi) is 6.53. The number of carbonyl (C=O) groups is 1. The van der Waals surface area contributed by atoms with Crippen molar-refractivity contribution in [2.75, 3.05) is 6.61 Å². The van der Waals surface area contributed by atoms with Crippen molar-refractivity contribution >= 4 is 50.0 Å². The zero-order valence-electron chi connectivity index (χ0n) is 21.7. The van der Waals surface area contributed by atoms with Gasteiger partial charge < -0.3 is 9.84 Å². The van der Waals surface area contributed by atoms with E-state index in [0.717, 1.165) is 40.7 Å². The van der Waals surface area contributed by atoms with Gasteiger partial charge in [0.15, 0.2) is 0 Å². The summed E-state index contributed by atoms with van der Waals surface area (Å²) in [6.45, 7) is 3.98. The quantitative estimate of drug-likeness (QED) is 0.263. The van der Waals surface area contributed by atoms with Gasteiger partial charge in [0.25, 0.3) is 5.56 Å². The molecule has 0 atom stereocenters. The van der Waals surface area contributed by atoms with E-state index < -0.39 is 5.97 Å². The predicted molar refractivity (Wildman–Crippen MR) is 155 cm³/mol. The molecule has 0 bridgehead atoms. The van der Waals surface area contributed by atoms with Gasteiger partial charge in [-0.3, -0.25) is 14.3 Å². The molecule has 0 radical (unpaired) electrons. The standard InChI is InChI=1S/C30H23ClN4O4S/c1-15-10-21(28-27(33-15)23(14-40-28)30(37)38)20-12-18(31)6-7-25(20)39-9-8-35-16(2)34-24-11-17-4-3-5-19(17)22(13-32)26(24)29(35)36/h6-7,10-12,14H,3-5,8-9H2,1-2H3,(H,37,38). The molecule has 0 aliphatic heterocycles. The number of nitriles is 1. The van der Waals surface area contributed by atoms with Crippen molar-refractivity contribution in [1.29, 1.82) is 5.26 Å². The van der Waals surface area contributed by atoms with Gasteiger partial charge in [0, 0.05) is 27.2 Å². The van der Waals surface area contributed by atoms with Gasteiger partial charge in [0.1, 0.15) is 24.3 Å². The number of ether oxygens (including phenoxy) is 1. The van der Waals surface area contributed by atoms with Gasteiger partial charge in [-0.15, -0.1) is 11.3 Å². The highest BCUT2D eigenvalue weighted by Crippen LogP contribution is 2.40. The Balaban J connectivity index is 1.36. The average molecular weight is 571 g/mol. The number of pyridine rings is 1. The summed E-state index contributed by atoms with van der Waals surface area (Å²) in [6, 6.07) is 11.3. The Labute approximate surface area is 238 Å². The molecule has 0 saturated carbocycles. The number of halogens is 1. The molecule has 1 N–H and O–H groups in total. The Morgan fingerprint density at radius 1 is 1.20 bits per heavy atom. The maximum absolute atomic E-state index is 13.6. The van der Waals surface area contributed by atoms with Crippen molar-refractivity contribution in [3.8, 4) is 22.9 Å². The van der Waals surface area contributed by atoms with E-state index in [9.17, 15) is 20.0 Å². The molecular weight excluding hydrogens is 548 g/mol. The number of carboxylic acid groups (broad SMARTS) is 1. The van der Waals surface area contributed by atoms with Crippen molar-refractivity contribution in [1.82, 2.24) is 14.5 Å². The van der Waals surface area contributed by atoms with Gasteiger partial charge in [-0.25, -0.2) is 9.78 Å². The monoisotopic (exact) mass is 570 g/mol. The summed E-state index contributed by atoms with van der Waals surface area (Å²) < 4.78 is 8.47. The van der Waals surface area contributed by atoms with Crippen LogP contribution in [0.25, 0.3) is 32.2 Å². The Hall–Kier alpha value is -4.26. The van der Waals surface area contributed by atoms with Crippen LogP contribution in [0.5, 0.6) is 5.75 Å². The molecule has 10 heteroatoms. The molecule has 200 valence electrons. The maximum atomic E-state index is 13.6. The molecule has 0 fully saturated rings. The van der Waals surface area contributed by atoms with Crippen LogP contribution in [0.15, 0.2) is 40.5 Å². The fraction of sp³-hybridized carbons (Fsp3) is 0.233. The molecule has 5 aromatic rings. The summed E-state index contributed by atoms with van der Waals surface area (Å²) in [5.41, 5.74) is 5.52. The first-order chi connectivity index (χ1) is 19.3. The summed E-state index contributed by atoms with van der Waals surface area (Å²) in [4.78, 5) is 34.5. The smallest absolute Gasteiger partial charge is 0.338 e. The largest absolute Gasteiger partial charge is 0.491 e. The van der Waals surface area contributed by atoms with Gasteiger partial charge in [0.05, 0.1) is 38.8 Å². The Morgan fingerprint density at radius 3 is 2.80 bits per heavy atom. The molecule has 1 aliphatic rings. The number of aromatic carboxylic acids is 1. The molecule has 3 heterocycles. The molecule has 3 aromatic heterocycles. The highest BCUT2D eigenvalue weighted by atomic mass is 35.5. The molecule has 0 saturated heterocycles. The molecular formula is C30H23ClN4O4S. The third-order valence-electron chi connectivity index (χ3n) is 7.31. The number of nitrogens with zero attached hydrogens (tertiary/aromatic N) is 4. The van der Waals surface area contributed by atoms with E-state index >= 15 is 0 Å². The number of thiophene rings is 1. The van der Waals surface area contributed by atoms with E-state index in [-0.39, 0.29) is 24.3 Å². The number of fused-ring (bicyclic) bond motifs is 3. The lowest BCUT2D eigenvalue weighted by Crippen LogP contribution is -2.27. The minimum Gasteiger partial charge on any atom is -0.491 e. The number of aromatic nitrogens is 3. The summed E-state index contributed by atoms with van der Waals surface area (Å²) in [7, 11) is 0. The van der Waals surface area contributed by atoms with E-state index in [1.807, 2.05) is 19.1 Å². The van der Waals surface area contributed by atoms with Crippen LogP contribution in [0, 0.1) is 25.2 Å². The van der Waals surface area contributed by atoms with Gasteiger partial charge >= 0.3 is 5.97 Å². The normalized spacial score (nSPS) is 12.6. The van der Waals surface area contributed by atoms with Crippen LogP contribution in [0.3, 0.4) is 0 Å². The summed E-state index contributed by atoms with van der Waals surface area (Å²) in [5.74, 6) is 0.0502. The predicted octanol–water partition coefficient (Wildman–Crippen LogP) is 6.08. The fourth-order valence-electron chi connectivity index (χ4n) is 5.51. The summed E-state index contributed by atoms with van der Waals surface area (Å²) >= 11 is 7.67. The molecule has 0 unspecified atom stereocenters. The van der Waals surface area contributed by atoms with E-state index in [1.54, 1.807) is 35.1 Å². The molecule has 40 heavy (non-hydrogen) atoms. The molecule has 6 rings (SSSR count). The second kappa shape index (κ2) is 10.0. The highest BCUT2D eigenvalue weighted by Gasteiger charge is 2.22. The van der Waals surface area contributed by atoms with E-state index in [1.165, 1.54) is 11.3 Å². The Morgan fingerprint density at radius 2 is 2.02 bits per heavy atom. The third-order valence-corrected chi connectivity index (χ3v) is 8.55. The second-order valence-corrected chi connectivity index (χ2v) is 11.1. The number of benzene rings is 2. The minimum atomic E-state index is -1.04. The molecule has 8 nitrogen and oxygen atoms in total. The minimum absolute atomic E-state index is 0.149. The van der Waals surface area contributed by atoms with E-state index in [4.69, 9.17) is 16.3 Å². The fourth-order valence-corrected chi connectivity index (χ4v) is 6.69. The molecule has 0 spiro atoms. The zero-order valence-corrected chi connectivity index (χ0v) is 23.3. The lowest BCUT2D eigenvalue weighted by molar-refractivity contribution is 0.0699. The summed E-state index contributed by atoms with van der Waals surface area (Å²) in [6.07, 6.45) is 2.66. The van der Waals surface area contributed by atoms with E-state index in [2.05, 4.69) is 16.0 Å². The van der Waals surface area contributed by atoms with Crippen LogP contribution < -0.4 is 10.3 Å². The van der Waals surface area contributed by atoms with Crippen molar-refractivity contribution in [2.45, 2.75) is 39.7 Å². The first-order valence-corrected chi connectivity index (χ1v) is 14.0. The van der Waals surface area contributed by atoms with Crippen molar-refractivity contribution in [3.63, 3.8) is 0 Å². The van der Waals surface area contributed by atoms with Crippen LogP contribution in [0.4, 0.5) is 0 Å². The molecule has 2 aromatic carbocycles.